The van der Waals surface area contributed by atoms with E-state index in [4.69, 9.17) is 10.8 Å². The molecule has 0 rings (SSSR count). The molecule has 0 aromatic carbocycles. The van der Waals surface area contributed by atoms with Crippen LogP contribution in [-0.2, 0) is 4.79 Å². The van der Waals surface area contributed by atoms with E-state index in [0.717, 1.165) is 19.5 Å². The third kappa shape index (κ3) is 6.12. The number of carbonyl (C=O) groups excluding carboxylic acids is 1. The molecular formula is C8H18N2O2. The third-order valence-electron chi connectivity index (χ3n) is 1.76. The van der Waals surface area contributed by atoms with Gasteiger partial charge in [0.1, 0.15) is 0 Å². The van der Waals surface area contributed by atoms with E-state index in [1.165, 1.54) is 0 Å². The molecule has 0 aliphatic rings. The maximum atomic E-state index is 10.4. The highest BCUT2D eigenvalue weighted by atomic mass is 16.3. The Morgan fingerprint density at radius 2 is 2.17 bits per heavy atom. The van der Waals surface area contributed by atoms with Crippen LogP contribution in [0.4, 0.5) is 0 Å². The minimum atomic E-state index is -0.255. The molecule has 3 N–H and O–H groups in total. The molecular weight excluding hydrogens is 156 g/mol. The van der Waals surface area contributed by atoms with Crippen molar-refractivity contribution in [2.24, 2.45) is 5.73 Å². The van der Waals surface area contributed by atoms with E-state index in [2.05, 4.69) is 4.90 Å². The van der Waals surface area contributed by atoms with E-state index in [1.54, 1.807) is 0 Å². The van der Waals surface area contributed by atoms with Gasteiger partial charge < -0.3 is 15.7 Å². The fourth-order valence-corrected chi connectivity index (χ4v) is 1.05. The van der Waals surface area contributed by atoms with Gasteiger partial charge in [0.25, 0.3) is 0 Å². The zero-order chi connectivity index (χ0) is 9.40. The Kier molecular flexibility index (Phi) is 6.70. The summed E-state index contributed by atoms with van der Waals surface area (Å²) in [6.07, 6.45) is 1.21. The first-order valence-corrected chi connectivity index (χ1v) is 4.32. The summed E-state index contributed by atoms with van der Waals surface area (Å²) in [6.45, 7) is 4.61. The lowest BCUT2D eigenvalue weighted by molar-refractivity contribution is -0.118. The van der Waals surface area contributed by atoms with Gasteiger partial charge in [0.2, 0.25) is 5.91 Å². The number of primary amides is 1. The highest BCUT2D eigenvalue weighted by Crippen LogP contribution is 1.93. The van der Waals surface area contributed by atoms with Crippen LogP contribution in [0, 0.1) is 0 Å². The van der Waals surface area contributed by atoms with Crippen LogP contribution in [0.3, 0.4) is 0 Å². The van der Waals surface area contributed by atoms with Gasteiger partial charge in [-0.05, 0) is 19.5 Å². The molecule has 0 bridgehead atoms. The molecule has 0 fully saturated rings. The molecule has 1 amide bonds. The molecule has 0 aromatic rings. The maximum absolute atomic E-state index is 10.4. The first-order chi connectivity index (χ1) is 5.70. The van der Waals surface area contributed by atoms with Crippen molar-refractivity contribution in [3.8, 4) is 0 Å². The van der Waals surface area contributed by atoms with Gasteiger partial charge in [0.15, 0.2) is 0 Å². The van der Waals surface area contributed by atoms with Gasteiger partial charge in [-0.15, -0.1) is 0 Å². The molecule has 72 valence electrons. The summed E-state index contributed by atoms with van der Waals surface area (Å²) in [5, 5.41) is 8.64. The number of aliphatic hydroxyl groups excluding tert-OH is 1. The smallest absolute Gasteiger partial charge is 0.217 e. The lowest BCUT2D eigenvalue weighted by atomic mass is 10.3. The number of likely N-dealkylation sites (N-methyl/N-ethyl adjacent to an activating group) is 1. The summed E-state index contributed by atoms with van der Waals surface area (Å²) >= 11 is 0. The molecule has 0 saturated carbocycles. The van der Waals surface area contributed by atoms with Gasteiger partial charge in [-0.2, -0.15) is 0 Å². The molecule has 0 aromatic heterocycles. The van der Waals surface area contributed by atoms with E-state index in [1.807, 2.05) is 6.92 Å². The quantitative estimate of drug-likeness (QED) is 0.550. The topological polar surface area (TPSA) is 66.6 Å². The normalized spacial score (nSPS) is 10.6. The predicted molar refractivity (Wildman–Crippen MR) is 47.6 cm³/mol. The van der Waals surface area contributed by atoms with E-state index in [-0.39, 0.29) is 12.5 Å². The average molecular weight is 174 g/mol. The van der Waals surface area contributed by atoms with Crippen molar-refractivity contribution in [1.29, 1.82) is 0 Å². The molecule has 0 aliphatic heterocycles. The number of nitrogens with zero attached hydrogens (tertiary/aromatic N) is 1. The van der Waals surface area contributed by atoms with Crippen LogP contribution in [0.1, 0.15) is 19.8 Å². The van der Waals surface area contributed by atoms with Gasteiger partial charge >= 0.3 is 0 Å². The van der Waals surface area contributed by atoms with Gasteiger partial charge in [-0.1, -0.05) is 6.92 Å². The molecule has 0 atom stereocenters. The van der Waals surface area contributed by atoms with Crippen LogP contribution >= 0.6 is 0 Å². The van der Waals surface area contributed by atoms with Gasteiger partial charge in [-0.25, -0.2) is 0 Å². The first-order valence-electron chi connectivity index (χ1n) is 4.32. The van der Waals surface area contributed by atoms with Crippen molar-refractivity contribution in [3.63, 3.8) is 0 Å². The Morgan fingerprint density at radius 1 is 1.50 bits per heavy atom. The molecule has 0 aliphatic carbocycles. The van der Waals surface area contributed by atoms with Crippen molar-refractivity contribution in [3.05, 3.63) is 0 Å². The lowest BCUT2D eigenvalue weighted by Crippen LogP contribution is -2.28. The molecule has 4 heteroatoms. The van der Waals surface area contributed by atoms with Crippen molar-refractivity contribution in [1.82, 2.24) is 4.90 Å². The van der Waals surface area contributed by atoms with E-state index < -0.39 is 0 Å². The van der Waals surface area contributed by atoms with Crippen LogP contribution in [0.25, 0.3) is 0 Å². The van der Waals surface area contributed by atoms with Crippen LogP contribution in [0.15, 0.2) is 0 Å². The van der Waals surface area contributed by atoms with Crippen molar-refractivity contribution >= 4 is 5.91 Å². The minimum Gasteiger partial charge on any atom is -0.395 e. The number of aliphatic hydroxyl groups is 1. The predicted octanol–water partition coefficient (Wildman–Crippen LogP) is -0.434. The SMILES string of the molecule is CCN(CCO)CCCC(N)=O. The summed E-state index contributed by atoms with van der Waals surface area (Å²) in [7, 11) is 0. The maximum Gasteiger partial charge on any atom is 0.217 e. The molecule has 0 saturated heterocycles. The Balaban J connectivity index is 3.37. The summed E-state index contributed by atoms with van der Waals surface area (Å²) in [5.74, 6) is -0.255. The lowest BCUT2D eigenvalue weighted by Gasteiger charge is -2.18. The molecule has 0 unspecified atom stereocenters. The second kappa shape index (κ2) is 7.06. The Hall–Kier alpha value is -0.610. The van der Waals surface area contributed by atoms with Crippen LogP contribution < -0.4 is 5.73 Å². The van der Waals surface area contributed by atoms with Crippen molar-refractivity contribution in [2.75, 3.05) is 26.2 Å². The van der Waals surface area contributed by atoms with Crippen LogP contribution in [0.5, 0.6) is 0 Å². The molecule has 0 radical (unpaired) electrons. The Bertz CT molecular complexity index is 128. The van der Waals surface area contributed by atoms with E-state index in [9.17, 15) is 4.79 Å². The zero-order valence-electron chi connectivity index (χ0n) is 7.62. The number of hydrogen-bond acceptors (Lipinski definition) is 3. The van der Waals surface area contributed by atoms with Gasteiger partial charge in [-0.3, -0.25) is 4.79 Å². The summed E-state index contributed by atoms with van der Waals surface area (Å²) in [4.78, 5) is 12.5. The standard InChI is InChI=1S/C8H18N2O2/c1-2-10(6-7-11)5-3-4-8(9)12/h11H,2-7H2,1H3,(H2,9,12). The Labute approximate surface area is 73.3 Å². The number of hydrogen-bond donors (Lipinski definition) is 2. The molecule has 0 spiro atoms. The fraction of sp³-hybridized carbons (Fsp3) is 0.875. The number of rotatable bonds is 7. The largest absolute Gasteiger partial charge is 0.395 e. The van der Waals surface area contributed by atoms with E-state index >= 15 is 0 Å². The fourth-order valence-electron chi connectivity index (χ4n) is 1.05. The Morgan fingerprint density at radius 3 is 2.58 bits per heavy atom. The minimum absolute atomic E-state index is 0.171. The van der Waals surface area contributed by atoms with Crippen molar-refractivity contribution < 1.29 is 9.90 Å². The summed E-state index contributed by atoms with van der Waals surface area (Å²) < 4.78 is 0. The monoisotopic (exact) mass is 174 g/mol. The van der Waals surface area contributed by atoms with Gasteiger partial charge in [0.05, 0.1) is 6.61 Å². The molecule has 12 heavy (non-hydrogen) atoms. The second-order valence-electron chi connectivity index (χ2n) is 2.73. The van der Waals surface area contributed by atoms with Crippen LogP contribution in [0.2, 0.25) is 0 Å². The van der Waals surface area contributed by atoms with Crippen LogP contribution in [-0.4, -0.2) is 42.2 Å². The number of carbonyl (C=O) groups is 1. The molecule has 4 nitrogen and oxygen atoms in total. The first kappa shape index (κ1) is 11.4. The summed E-state index contributed by atoms with van der Waals surface area (Å²) in [5.41, 5.74) is 4.99. The highest BCUT2D eigenvalue weighted by Gasteiger charge is 2.01. The molecule has 0 heterocycles. The average Bonchev–Trinajstić information content (AvgIpc) is 2.02. The second-order valence-corrected chi connectivity index (χ2v) is 2.73. The van der Waals surface area contributed by atoms with Gasteiger partial charge in [0, 0.05) is 13.0 Å². The number of amides is 1. The highest BCUT2D eigenvalue weighted by molar-refractivity contribution is 5.73. The zero-order valence-corrected chi connectivity index (χ0v) is 7.62. The van der Waals surface area contributed by atoms with E-state index in [0.29, 0.717) is 13.0 Å². The summed E-state index contributed by atoms with van der Waals surface area (Å²) in [6, 6.07) is 0. The number of nitrogens with two attached hydrogens (primary N) is 1. The van der Waals surface area contributed by atoms with Crippen molar-refractivity contribution in [2.45, 2.75) is 19.8 Å². The third-order valence-corrected chi connectivity index (χ3v) is 1.76.